The quantitative estimate of drug-likeness (QED) is 0.0365. The van der Waals surface area contributed by atoms with Crippen molar-refractivity contribution in [1.82, 2.24) is 0 Å². The first-order valence-electron chi connectivity index (χ1n) is 24.5. The summed E-state index contributed by atoms with van der Waals surface area (Å²) in [5.74, 6) is 0. The Morgan fingerprint density at radius 1 is 0.393 bits per heavy atom. The van der Waals surface area contributed by atoms with Crippen molar-refractivity contribution in [3.8, 4) is 0 Å². The summed E-state index contributed by atoms with van der Waals surface area (Å²) in [5.41, 5.74) is 6.08. The molecular formula is C53H90N2Ni. The van der Waals surface area contributed by atoms with E-state index in [4.69, 9.17) is 9.98 Å². The molecule has 322 valence electrons. The van der Waals surface area contributed by atoms with E-state index in [9.17, 15) is 0 Å². The Morgan fingerprint density at radius 3 is 1.11 bits per heavy atom. The van der Waals surface area contributed by atoms with Crippen LogP contribution >= 0.6 is 0 Å². The number of hydrogen-bond donors (Lipinski definition) is 0. The van der Waals surface area contributed by atoms with Crippen molar-refractivity contribution < 1.29 is 16.5 Å². The molecule has 56 heavy (non-hydrogen) atoms. The molecule has 0 aliphatic rings. The maximum Gasteiger partial charge on any atom is 0.0636 e. The zero-order chi connectivity index (χ0) is 39.1. The maximum atomic E-state index is 5.14. The molecule has 0 radical (unpaired) electrons. The van der Waals surface area contributed by atoms with Gasteiger partial charge in [0.1, 0.15) is 0 Å². The first-order valence-corrected chi connectivity index (χ1v) is 24.5. The van der Waals surface area contributed by atoms with E-state index in [-0.39, 0.29) is 16.5 Å². The molecule has 0 saturated heterocycles. The number of aliphatic imine (C=N–C) groups is 2. The van der Waals surface area contributed by atoms with Crippen LogP contribution in [0, 0.1) is 0 Å². The van der Waals surface area contributed by atoms with Gasteiger partial charge < -0.3 is 0 Å². The summed E-state index contributed by atoms with van der Waals surface area (Å²) < 4.78 is 0. The van der Waals surface area contributed by atoms with Crippen molar-refractivity contribution in [2.45, 2.75) is 252 Å². The monoisotopic (exact) mass is 813 g/mol. The third-order valence-corrected chi connectivity index (χ3v) is 11.6. The molecule has 2 rings (SSSR count). The molecule has 0 aliphatic carbocycles. The average molecular weight is 814 g/mol. The Bertz CT molecular complexity index is 1190. The molecule has 0 unspecified atom stereocenters. The Kier molecular flexibility index (Phi) is 37.4. The smallest absolute Gasteiger partial charge is 0.0636 e. The zero-order valence-corrected chi connectivity index (χ0v) is 38.4. The van der Waals surface area contributed by atoms with Crippen LogP contribution in [0.5, 0.6) is 0 Å². The van der Waals surface area contributed by atoms with Gasteiger partial charge in [-0.05, 0) is 73.9 Å². The number of unbranched alkanes of at least 4 members (excludes halogenated alkanes) is 30. The van der Waals surface area contributed by atoms with Gasteiger partial charge in [-0.2, -0.15) is 0 Å². The number of hydrogen-bond acceptors (Lipinski definition) is 2. The normalized spacial score (nSPS) is 11.8. The van der Waals surface area contributed by atoms with Crippen LogP contribution in [0.3, 0.4) is 0 Å². The van der Waals surface area contributed by atoms with Gasteiger partial charge in [0.25, 0.3) is 0 Å². The second kappa shape index (κ2) is 40.1. The molecule has 2 nitrogen and oxygen atoms in total. The summed E-state index contributed by atoms with van der Waals surface area (Å²) in [6, 6.07) is 17.9. The van der Waals surface area contributed by atoms with Crippen molar-refractivity contribution in [3.05, 3.63) is 59.7 Å². The van der Waals surface area contributed by atoms with Crippen molar-refractivity contribution >= 4 is 23.3 Å². The molecule has 0 aromatic heterocycles. The van der Waals surface area contributed by atoms with E-state index in [2.05, 4.69) is 69.3 Å². The summed E-state index contributed by atoms with van der Waals surface area (Å²) in [5, 5.41) is 0. The zero-order valence-electron chi connectivity index (χ0n) is 37.4. The molecule has 0 fully saturated rings. The number of nitrogens with zero attached hydrogens (tertiary/aromatic N) is 2. The van der Waals surface area contributed by atoms with E-state index in [1.54, 1.807) is 0 Å². The first-order chi connectivity index (χ1) is 27.2. The molecule has 0 aliphatic heterocycles. The van der Waals surface area contributed by atoms with Crippen LogP contribution in [0.1, 0.15) is 250 Å². The third kappa shape index (κ3) is 31.3. The molecule has 0 atom stereocenters. The van der Waals surface area contributed by atoms with Crippen LogP contribution in [-0.4, -0.2) is 11.9 Å². The Balaban J connectivity index is 0.0000157. The van der Waals surface area contributed by atoms with Gasteiger partial charge in [0.2, 0.25) is 0 Å². The number of aryl methyl sites for hydroxylation is 2. The number of benzene rings is 2. The second-order valence-electron chi connectivity index (χ2n) is 17.1. The molecule has 3 heteroatoms. The van der Waals surface area contributed by atoms with E-state index >= 15 is 0 Å². The minimum Gasteiger partial charge on any atom is -0.255 e. The Morgan fingerprint density at radius 2 is 0.714 bits per heavy atom. The van der Waals surface area contributed by atoms with Crippen LogP contribution < -0.4 is 0 Å². The molecule has 2 aromatic carbocycles. The van der Waals surface area contributed by atoms with Gasteiger partial charge in [0, 0.05) is 22.7 Å². The minimum absolute atomic E-state index is 0. The van der Waals surface area contributed by atoms with E-state index in [0.29, 0.717) is 0 Å². The summed E-state index contributed by atoms with van der Waals surface area (Å²) >= 11 is 0. The number of rotatable bonds is 39. The summed E-state index contributed by atoms with van der Waals surface area (Å²) in [6.45, 7) is 6.88. The molecule has 0 saturated carbocycles. The minimum atomic E-state index is 0. The standard InChI is InChI=1S/C53H90N2.Ni/c1-4-7-10-12-14-16-18-20-22-24-26-28-30-32-35-39-49-41-37-44-51(46-49)54-48-53(43-34-9-6-3)55-52-45-38-42-50(47-52)40-36-33-31-29-27-25-23-21-19-17-15-13-11-8-5-2;/h37-38,41-42,44-48H,4-36,39-40,43H2,1-3H3;/b54-48+,55-53-;. The predicted octanol–water partition coefficient (Wildman–Crippen LogP) is 18.6. The van der Waals surface area contributed by atoms with Crippen LogP contribution in [0.15, 0.2) is 58.5 Å². The Hall–Kier alpha value is -1.73. The van der Waals surface area contributed by atoms with E-state index in [1.807, 2.05) is 6.21 Å². The van der Waals surface area contributed by atoms with E-state index in [0.717, 1.165) is 36.3 Å². The summed E-state index contributed by atoms with van der Waals surface area (Å²) in [4.78, 5) is 10.1. The Labute approximate surface area is 359 Å². The fourth-order valence-corrected chi connectivity index (χ4v) is 7.99. The van der Waals surface area contributed by atoms with Crippen LogP contribution in [-0.2, 0) is 29.3 Å². The van der Waals surface area contributed by atoms with E-state index in [1.165, 1.54) is 223 Å². The van der Waals surface area contributed by atoms with Gasteiger partial charge in [-0.25, -0.2) is 0 Å². The van der Waals surface area contributed by atoms with Crippen LogP contribution in [0.2, 0.25) is 0 Å². The molecular weight excluding hydrogens is 723 g/mol. The molecule has 0 bridgehead atoms. The van der Waals surface area contributed by atoms with Crippen molar-refractivity contribution in [3.63, 3.8) is 0 Å². The molecule has 0 spiro atoms. The predicted molar refractivity (Wildman–Crippen MR) is 250 cm³/mol. The van der Waals surface area contributed by atoms with Crippen molar-refractivity contribution in [1.29, 1.82) is 0 Å². The molecule has 2 aromatic rings. The summed E-state index contributed by atoms with van der Waals surface area (Å²) in [6.07, 6.45) is 51.4. The van der Waals surface area contributed by atoms with E-state index < -0.39 is 0 Å². The summed E-state index contributed by atoms with van der Waals surface area (Å²) in [7, 11) is 0. The average Bonchev–Trinajstić information content (AvgIpc) is 3.20. The van der Waals surface area contributed by atoms with Gasteiger partial charge in [-0.1, -0.05) is 238 Å². The van der Waals surface area contributed by atoms with Gasteiger partial charge >= 0.3 is 0 Å². The van der Waals surface area contributed by atoms with Crippen LogP contribution in [0.4, 0.5) is 11.4 Å². The second-order valence-corrected chi connectivity index (χ2v) is 17.1. The fraction of sp³-hybridized carbons (Fsp3) is 0.736. The maximum absolute atomic E-state index is 5.14. The molecule has 0 amide bonds. The van der Waals surface area contributed by atoms with Crippen molar-refractivity contribution in [2.24, 2.45) is 9.98 Å². The van der Waals surface area contributed by atoms with Crippen molar-refractivity contribution in [2.75, 3.05) is 0 Å². The van der Waals surface area contributed by atoms with Gasteiger partial charge in [0.15, 0.2) is 0 Å². The van der Waals surface area contributed by atoms with Gasteiger partial charge in [-0.3, -0.25) is 9.98 Å². The molecule has 0 N–H and O–H groups in total. The van der Waals surface area contributed by atoms with Gasteiger partial charge in [0.05, 0.1) is 17.1 Å². The van der Waals surface area contributed by atoms with Gasteiger partial charge in [-0.15, -0.1) is 0 Å². The first kappa shape index (κ1) is 52.3. The third-order valence-electron chi connectivity index (χ3n) is 11.6. The SMILES string of the molecule is CCCCCCCCCCCCCCCCCc1cccc(/N=C(\C=N\c2cccc(CCCCCCCCCCCCCCCCC)c2)CCCCC)c1.[Ni]. The van der Waals surface area contributed by atoms with Crippen LogP contribution in [0.25, 0.3) is 0 Å². The molecule has 0 heterocycles. The topological polar surface area (TPSA) is 24.7 Å². The fourth-order valence-electron chi connectivity index (χ4n) is 7.99. The largest absolute Gasteiger partial charge is 0.255 e.